The molecule has 2 unspecified atom stereocenters. The van der Waals surface area contributed by atoms with Gasteiger partial charge in [0.15, 0.2) is 0 Å². The first-order chi connectivity index (χ1) is 12.8. The highest BCUT2D eigenvalue weighted by molar-refractivity contribution is 5.79. The zero-order valence-corrected chi connectivity index (χ0v) is 16.4. The Labute approximate surface area is 161 Å². The van der Waals surface area contributed by atoms with Gasteiger partial charge in [0.05, 0.1) is 18.0 Å². The molecule has 4 saturated carbocycles. The Hall–Kier alpha value is -1.20. The summed E-state index contributed by atoms with van der Waals surface area (Å²) in [5, 5.41) is 23.5. The molecule has 4 aliphatic rings. The van der Waals surface area contributed by atoms with E-state index in [4.69, 9.17) is 0 Å². The number of aliphatic hydroxyl groups is 2. The number of nitrogens with zero attached hydrogens (tertiary/aromatic N) is 1. The second kappa shape index (κ2) is 5.66. The maximum atomic E-state index is 12.1. The van der Waals surface area contributed by atoms with E-state index < -0.39 is 17.1 Å². The van der Waals surface area contributed by atoms with Crippen molar-refractivity contribution in [3.63, 3.8) is 0 Å². The lowest BCUT2D eigenvalue weighted by atomic mass is 9.42. The molecule has 0 saturated heterocycles. The zero-order valence-electron chi connectivity index (χ0n) is 16.4. The number of carbonyl (C=O) groups is 1. The summed E-state index contributed by atoms with van der Waals surface area (Å²) in [4.78, 5) is 19.5. The number of nitrogens with one attached hydrogen (secondary N) is 1. The average Bonchev–Trinajstić information content (AvgIpc) is 3.24. The molecular weight excluding hydrogens is 340 g/mol. The number of carbonyl (C=O) groups excluding carboxylic acids is 1. The van der Waals surface area contributed by atoms with E-state index in [9.17, 15) is 15.0 Å². The third kappa shape index (κ3) is 2.13. The number of aromatic nitrogens is 2. The van der Waals surface area contributed by atoms with Gasteiger partial charge in [0.2, 0.25) is 0 Å². The van der Waals surface area contributed by atoms with Crippen LogP contribution in [0.1, 0.15) is 76.8 Å². The van der Waals surface area contributed by atoms with Crippen molar-refractivity contribution in [3.8, 4) is 0 Å². The number of aliphatic hydroxyl groups excluding tert-OH is 1. The van der Waals surface area contributed by atoms with Crippen molar-refractivity contribution in [2.45, 2.75) is 82.8 Å². The lowest BCUT2D eigenvalue weighted by Crippen LogP contribution is -2.66. The predicted molar refractivity (Wildman–Crippen MR) is 101 cm³/mol. The number of imidazole rings is 1. The topological polar surface area (TPSA) is 86.2 Å². The summed E-state index contributed by atoms with van der Waals surface area (Å²) >= 11 is 0. The van der Waals surface area contributed by atoms with Crippen LogP contribution in [0.2, 0.25) is 0 Å². The Morgan fingerprint density at radius 3 is 2.74 bits per heavy atom. The van der Waals surface area contributed by atoms with Gasteiger partial charge in [0, 0.05) is 36.1 Å². The molecule has 0 aromatic carbocycles. The molecule has 3 N–H and O–H groups in total. The maximum absolute atomic E-state index is 12.1. The monoisotopic (exact) mass is 372 g/mol. The number of ketones is 1. The van der Waals surface area contributed by atoms with Crippen LogP contribution in [0.4, 0.5) is 0 Å². The molecule has 0 aliphatic heterocycles. The van der Waals surface area contributed by atoms with Crippen molar-refractivity contribution in [2.24, 2.45) is 28.6 Å². The highest BCUT2D eigenvalue weighted by Gasteiger charge is 2.70. The van der Waals surface area contributed by atoms with E-state index in [1.54, 1.807) is 6.33 Å². The van der Waals surface area contributed by atoms with Crippen LogP contribution in [0.3, 0.4) is 0 Å². The number of aromatic amines is 1. The molecule has 5 heteroatoms. The second-order valence-corrected chi connectivity index (χ2v) is 10.3. The van der Waals surface area contributed by atoms with Crippen LogP contribution in [0.25, 0.3) is 0 Å². The molecule has 0 amide bonds. The van der Waals surface area contributed by atoms with E-state index in [1.165, 1.54) is 0 Å². The number of fused-ring (bicyclic) bond motifs is 5. The first-order valence-electron chi connectivity index (χ1n) is 10.7. The van der Waals surface area contributed by atoms with E-state index in [1.807, 2.05) is 6.20 Å². The summed E-state index contributed by atoms with van der Waals surface area (Å²) in [6, 6.07) is 0. The minimum atomic E-state index is -0.847. The van der Waals surface area contributed by atoms with Gasteiger partial charge in [-0.15, -0.1) is 0 Å². The summed E-state index contributed by atoms with van der Waals surface area (Å²) in [5.74, 6) is 1.45. The minimum Gasteiger partial charge on any atom is -0.392 e. The molecule has 27 heavy (non-hydrogen) atoms. The van der Waals surface area contributed by atoms with Crippen molar-refractivity contribution < 1.29 is 15.0 Å². The number of H-pyrrole nitrogens is 1. The van der Waals surface area contributed by atoms with Crippen LogP contribution in [0, 0.1) is 28.6 Å². The fourth-order valence-corrected chi connectivity index (χ4v) is 7.95. The van der Waals surface area contributed by atoms with E-state index in [0.717, 1.165) is 44.2 Å². The standard InChI is InChI=1S/C22H32N2O3/c1-20-7-5-14(25)9-13(20)3-4-15-17(20)10-19(26)21(2)16(6-8-22(15,21)27)18-11-23-12-24-18/h11-13,15-17,19,26-27H,3-10H2,1-2H3,(H,23,24)/t13-,15?,16-,17?,19-,20+,21+,22+/m1/s1. The van der Waals surface area contributed by atoms with Crippen LogP contribution >= 0.6 is 0 Å². The first kappa shape index (κ1) is 17.9. The molecular formula is C22H32N2O3. The van der Waals surface area contributed by atoms with Gasteiger partial charge >= 0.3 is 0 Å². The molecule has 0 spiro atoms. The number of Topliss-reactive ketones (excluding diaryl/α,β-unsaturated/α-hetero) is 1. The third-order valence-electron chi connectivity index (χ3n) is 9.66. The van der Waals surface area contributed by atoms with E-state index >= 15 is 0 Å². The van der Waals surface area contributed by atoms with Gasteiger partial charge in [-0.2, -0.15) is 0 Å². The lowest BCUT2D eigenvalue weighted by molar-refractivity contribution is -0.238. The summed E-state index contributed by atoms with van der Waals surface area (Å²) < 4.78 is 0. The van der Waals surface area contributed by atoms with Crippen molar-refractivity contribution in [1.82, 2.24) is 9.97 Å². The first-order valence-corrected chi connectivity index (χ1v) is 10.7. The Balaban J connectivity index is 1.54. The van der Waals surface area contributed by atoms with Gasteiger partial charge in [-0.1, -0.05) is 13.8 Å². The fourth-order valence-electron chi connectivity index (χ4n) is 7.95. The molecule has 5 rings (SSSR count). The Bertz CT molecular complexity index is 749. The summed E-state index contributed by atoms with van der Waals surface area (Å²) in [6.45, 7) is 4.44. The maximum Gasteiger partial charge on any atom is 0.133 e. The van der Waals surface area contributed by atoms with Crippen LogP contribution in [-0.4, -0.2) is 37.7 Å². The van der Waals surface area contributed by atoms with Crippen LogP contribution in [0.15, 0.2) is 12.5 Å². The molecule has 0 bridgehead atoms. The fraction of sp³-hybridized carbons (Fsp3) is 0.818. The lowest BCUT2D eigenvalue weighted by Gasteiger charge is -2.64. The van der Waals surface area contributed by atoms with Gasteiger partial charge in [-0.25, -0.2) is 4.98 Å². The van der Waals surface area contributed by atoms with Crippen molar-refractivity contribution in [1.29, 1.82) is 0 Å². The van der Waals surface area contributed by atoms with Gasteiger partial charge < -0.3 is 15.2 Å². The van der Waals surface area contributed by atoms with Gasteiger partial charge in [0.25, 0.3) is 0 Å². The summed E-state index contributed by atoms with van der Waals surface area (Å²) in [6.07, 6.45) is 9.67. The van der Waals surface area contributed by atoms with Crippen molar-refractivity contribution in [2.75, 3.05) is 0 Å². The van der Waals surface area contributed by atoms with E-state index in [-0.39, 0.29) is 17.3 Å². The molecule has 0 radical (unpaired) electrons. The molecule has 1 aromatic heterocycles. The van der Waals surface area contributed by atoms with Crippen molar-refractivity contribution >= 4 is 5.78 Å². The van der Waals surface area contributed by atoms with Crippen molar-refractivity contribution in [3.05, 3.63) is 18.2 Å². The normalized spacial score (nSPS) is 52.1. The smallest absolute Gasteiger partial charge is 0.133 e. The quantitative estimate of drug-likeness (QED) is 0.707. The van der Waals surface area contributed by atoms with Crippen LogP contribution in [-0.2, 0) is 4.79 Å². The molecule has 8 atom stereocenters. The van der Waals surface area contributed by atoms with Gasteiger partial charge in [0.1, 0.15) is 5.78 Å². The highest BCUT2D eigenvalue weighted by atomic mass is 16.3. The highest BCUT2D eigenvalue weighted by Crippen LogP contribution is 2.70. The van der Waals surface area contributed by atoms with Crippen LogP contribution in [0.5, 0.6) is 0 Å². The Kier molecular flexibility index (Phi) is 3.75. The Morgan fingerprint density at radius 2 is 2.00 bits per heavy atom. The molecule has 4 aliphatic carbocycles. The van der Waals surface area contributed by atoms with E-state index in [2.05, 4.69) is 23.8 Å². The molecule has 5 nitrogen and oxygen atoms in total. The summed E-state index contributed by atoms with van der Waals surface area (Å²) in [5.41, 5.74) is -0.287. The van der Waals surface area contributed by atoms with E-state index in [0.29, 0.717) is 30.5 Å². The number of hydrogen-bond acceptors (Lipinski definition) is 4. The number of rotatable bonds is 1. The zero-order chi connectivity index (χ0) is 19.0. The van der Waals surface area contributed by atoms with Gasteiger partial charge in [-0.05, 0) is 61.7 Å². The SMILES string of the molecule is C[C@]12[C@H](O)CC3C(CC[C@@H]4CC(=O)CC[C@]34C)[C@@]1(O)CC[C@@H]2c1cnc[nH]1. The summed E-state index contributed by atoms with van der Waals surface area (Å²) in [7, 11) is 0. The van der Waals surface area contributed by atoms with Crippen LogP contribution < -0.4 is 0 Å². The number of hydrogen-bond donors (Lipinski definition) is 3. The largest absolute Gasteiger partial charge is 0.392 e. The average molecular weight is 373 g/mol. The molecule has 148 valence electrons. The molecule has 4 fully saturated rings. The molecule has 1 aromatic rings. The minimum absolute atomic E-state index is 0.0704. The predicted octanol–water partition coefficient (Wildman–Crippen LogP) is 3.19. The molecule has 1 heterocycles. The third-order valence-corrected chi connectivity index (χ3v) is 9.66. The van der Waals surface area contributed by atoms with Gasteiger partial charge in [-0.3, -0.25) is 4.79 Å². The second-order valence-electron chi connectivity index (χ2n) is 10.3. The Morgan fingerprint density at radius 1 is 1.19 bits per heavy atom.